The molecule has 0 aliphatic carbocycles. The molecule has 0 bridgehead atoms. The number of amides is 1. The molecule has 1 aromatic heterocycles. The molecule has 0 unspecified atom stereocenters. The molecule has 1 N–H and O–H groups in total. The number of rotatable bonds is 7. The molecule has 2 saturated heterocycles. The molecule has 146 valence electrons. The third-order valence-corrected chi connectivity index (χ3v) is 5.51. The number of hydrogen-bond donors (Lipinski definition) is 1. The van der Waals surface area contributed by atoms with Crippen molar-refractivity contribution in [3.63, 3.8) is 0 Å². The van der Waals surface area contributed by atoms with Crippen LogP contribution in [0.25, 0.3) is 0 Å². The molecule has 1 amide bonds. The van der Waals surface area contributed by atoms with E-state index in [0.717, 1.165) is 24.9 Å². The third kappa shape index (κ3) is 4.45. The van der Waals surface area contributed by atoms with Crippen LogP contribution < -0.4 is 5.32 Å². The van der Waals surface area contributed by atoms with E-state index < -0.39 is 0 Å². The van der Waals surface area contributed by atoms with Crippen molar-refractivity contribution >= 4 is 5.91 Å². The number of carbonyl (C=O) groups excluding carboxylic acids is 1. The fourth-order valence-corrected chi connectivity index (χ4v) is 4.43. The molecule has 4 atom stereocenters. The van der Waals surface area contributed by atoms with Crippen LogP contribution in [0.15, 0.2) is 12.4 Å². The predicted molar refractivity (Wildman–Crippen MR) is 98.7 cm³/mol. The van der Waals surface area contributed by atoms with Crippen molar-refractivity contribution in [2.45, 2.75) is 57.4 Å². The van der Waals surface area contributed by atoms with E-state index in [2.05, 4.69) is 24.3 Å². The Kier molecular flexibility index (Phi) is 6.32. The highest BCUT2D eigenvalue weighted by Crippen LogP contribution is 2.37. The zero-order valence-corrected chi connectivity index (χ0v) is 16.4. The summed E-state index contributed by atoms with van der Waals surface area (Å²) < 4.78 is 12.8. The highest BCUT2D eigenvalue weighted by atomic mass is 16.5. The maximum Gasteiger partial charge on any atom is 0.223 e. The van der Waals surface area contributed by atoms with E-state index >= 15 is 0 Å². The Hall–Kier alpha value is -1.44. The molecule has 0 radical (unpaired) electrons. The van der Waals surface area contributed by atoms with Crippen LogP contribution in [-0.4, -0.2) is 65.6 Å². The largest absolute Gasteiger partial charge is 0.383 e. The lowest BCUT2D eigenvalue weighted by atomic mass is 9.93. The van der Waals surface area contributed by atoms with Gasteiger partial charge in [-0.15, -0.1) is 0 Å². The lowest BCUT2D eigenvalue weighted by Gasteiger charge is -2.34. The van der Waals surface area contributed by atoms with Crippen LogP contribution in [0, 0.1) is 5.92 Å². The molecule has 2 fully saturated rings. The van der Waals surface area contributed by atoms with E-state index in [1.54, 1.807) is 11.8 Å². The van der Waals surface area contributed by atoms with Gasteiger partial charge in [0.05, 0.1) is 31.1 Å². The fraction of sp³-hybridized carbons (Fsp3) is 0.789. The Balaban J connectivity index is 1.68. The number of methoxy groups -OCH3 is 1. The van der Waals surface area contributed by atoms with Crippen LogP contribution in [0.3, 0.4) is 0 Å². The van der Waals surface area contributed by atoms with Crippen molar-refractivity contribution in [2.24, 2.45) is 13.0 Å². The second-order valence-electron chi connectivity index (χ2n) is 7.77. The molecule has 3 heterocycles. The van der Waals surface area contributed by atoms with Crippen molar-refractivity contribution < 1.29 is 14.3 Å². The smallest absolute Gasteiger partial charge is 0.223 e. The topological polar surface area (TPSA) is 68.6 Å². The van der Waals surface area contributed by atoms with E-state index in [9.17, 15) is 4.79 Å². The summed E-state index contributed by atoms with van der Waals surface area (Å²) in [6.45, 7) is 6.27. The third-order valence-electron chi connectivity index (χ3n) is 5.51. The molecular formula is C19H32N4O3. The van der Waals surface area contributed by atoms with Crippen LogP contribution in [-0.2, 0) is 21.3 Å². The van der Waals surface area contributed by atoms with Gasteiger partial charge in [0.25, 0.3) is 0 Å². The quantitative estimate of drug-likeness (QED) is 0.794. The van der Waals surface area contributed by atoms with Crippen LogP contribution >= 0.6 is 0 Å². The van der Waals surface area contributed by atoms with E-state index in [1.807, 2.05) is 24.3 Å². The number of nitrogens with one attached hydrogen (secondary N) is 1. The SMILES string of the molecule is COCCN1C(=O)C[C@@H](CNC2C[C@@H](C)O[C@H](C)C2)[C@@H]1c1cnn(C)c1. The van der Waals surface area contributed by atoms with E-state index in [-0.39, 0.29) is 30.1 Å². The average molecular weight is 364 g/mol. The van der Waals surface area contributed by atoms with E-state index in [0.29, 0.717) is 25.6 Å². The Morgan fingerprint density at radius 3 is 2.69 bits per heavy atom. The predicted octanol–water partition coefficient (Wildman–Crippen LogP) is 1.50. The highest BCUT2D eigenvalue weighted by Gasteiger charge is 2.41. The van der Waals surface area contributed by atoms with Gasteiger partial charge in [0.15, 0.2) is 0 Å². The molecule has 2 aliphatic rings. The highest BCUT2D eigenvalue weighted by molar-refractivity contribution is 5.79. The van der Waals surface area contributed by atoms with E-state index in [4.69, 9.17) is 9.47 Å². The molecule has 7 nitrogen and oxygen atoms in total. The standard InChI is InChI=1S/C19H32N4O3/c1-13-7-17(8-14(2)26-13)20-10-15-9-18(24)23(5-6-25-4)19(15)16-11-21-22(3)12-16/h11-15,17,19-20H,5-10H2,1-4H3/t13-,14-,15+,19-/m1/s1. The van der Waals surface area contributed by atoms with Gasteiger partial charge in [-0.2, -0.15) is 5.10 Å². The number of carbonyl (C=O) groups is 1. The van der Waals surface area contributed by atoms with Crippen molar-refractivity contribution in [2.75, 3.05) is 26.8 Å². The monoisotopic (exact) mass is 364 g/mol. The first-order chi connectivity index (χ1) is 12.5. The lowest BCUT2D eigenvalue weighted by molar-refractivity contribution is -0.129. The maximum atomic E-state index is 12.6. The van der Waals surface area contributed by atoms with Gasteiger partial charge in [-0.3, -0.25) is 9.48 Å². The summed E-state index contributed by atoms with van der Waals surface area (Å²) in [4.78, 5) is 14.6. The number of nitrogens with zero attached hydrogens (tertiary/aromatic N) is 3. The molecule has 3 rings (SSSR count). The minimum atomic E-state index is 0.0635. The molecule has 7 heteroatoms. The Labute approximate surface area is 156 Å². The van der Waals surface area contributed by atoms with Crippen LogP contribution in [0.5, 0.6) is 0 Å². The van der Waals surface area contributed by atoms with Crippen LogP contribution in [0.1, 0.15) is 44.7 Å². The average Bonchev–Trinajstić information content (AvgIpc) is 3.13. The van der Waals surface area contributed by atoms with Crippen LogP contribution in [0.4, 0.5) is 0 Å². The van der Waals surface area contributed by atoms with Gasteiger partial charge in [-0.25, -0.2) is 0 Å². The first-order valence-electron chi connectivity index (χ1n) is 9.63. The van der Waals surface area contributed by atoms with Gasteiger partial charge < -0.3 is 19.7 Å². The Morgan fingerprint density at radius 1 is 1.35 bits per heavy atom. The summed E-state index contributed by atoms with van der Waals surface area (Å²) >= 11 is 0. The molecule has 1 aromatic rings. The van der Waals surface area contributed by atoms with E-state index in [1.165, 1.54) is 0 Å². The van der Waals surface area contributed by atoms with Crippen molar-refractivity contribution in [1.82, 2.24) is 20.0 Å². The van der Waals surface area contributed by atoms with Gasteiger partial charge in [0.1, 0.15) is 0 Å². The van der Waals surface area contributed by atoms with Gasteiger partial charge in [-0.1, -0.05) is 0 Å². The Bertz CT molecular complexity index is 595. The molecule has 0 saturated carbocycles. The van der Waals surface area contributed by atoms with Crippen LogP contribution in [0.2, 0.25) is 0 Å². The summed E-state index contributed by atoms with van der Waals surface area (Å²) in [5.74, 6) is 0.452. The molecule has 2 aliphatic heterocycles. The van der Waals surface area contributed by atoms with Gasteiger partial charge in [0.2, 0.25) is 5.91 Å². The summed E-state index contributed by atoms with van der Waals surface area (Å²) in [6, 6.07) is 0.514. The minimum absolute atomic E-state index is 0.0635. The molecule has 26 heavy (non-hydrogen) atoms. The minimum Gasteiger partial charge on any atom is -0.383 e. The van der Waals surface area contributed by atoms with Crippen molar-refractivity contribution in [1.29, 1.82) is 0 Å². The normalized spacial score (nSPS) is 32.4. The number of ether oxygens (including phenoxy) is 2. The summed E-state index contributed by atoms with van der Waals surface area (Å²) in [6.07, 6.45) is 7.10. The second kappa shape index (κ2) is 8.50. The summed E-state index contributed by atoms with van der Waals surface area (Å²) in [7, 11) is 3.59. The number of likely N-dealkylation sites (tertiary alicyclic amines) is 1. The summed E-state index contributed by atoms with van der Waals surface area (Å²) in [5, 5.41) is 8.03. The lowest BCUT2D eigenvalue weighted by Crippen LogP contribution is -2.43. The second-order valence-corrected chi connectivity index (χ2v) is 7.77. The van der Waals surface area contributed by atoms with Gasteiger partial charge in [-0.05, 0) is 26.7 Å². The Morgan fingerprint density at radius 2 is 2.08 bits per heavy atom. The van der Waals surface area contributed by atoms with Crippen molar-refractivity contribution in [3.05, 3.63) is 18.0 Å². The number of aryl methyl sites for hydroxylation is 1. The molecule has 0 aromatic carbocycles. The zero-order valence-electron chi connectivity index (χ0n) is 16.4. The zero-order chi connectivity index (χ0) is 18.7. The maximum absolute atomic E-state index is 12.6. The first-order valence-corrected chi connectivity index (χ1v) is 9.63. The van der Waals surface area contributed by atoms with Gasteiger partial charge >= 0.3 is 0 Å². The summed E-state index contributed by atoms with van der Waals surface area (Å²) in [5.41, 5.74) is 1.11. The van der Waals surface area contributed by atoms with Crippen molar-refractivity contribution in [3.8, 4) is 0 Å². The molecular weight excluding hydrogens is 332 g/mol. The first kappa shape index (κ1) is 19.3. The number of hydrogen-bond acceptors (Lipinski definition) is 5. The fourth-order valence-electron chi connectivity index (χ4n) is 4.43. The molecule has 0 spiro atoms. The van der Waals surface area contributed by atoms with Gasteiger partial charge in [0, 0.05) is 57.4 Å². The number of aromatic nitrogens is 2.